The molecule has 16 heavy (non-hydrogen) atoms. The Morgan fingerprint density at radius 1 is 0.812 bits per heavy atom. The van der Waals surface area contributed by atoms with E-state index in [1.807, 2.05) is 0 Å². The summed E-state index contributed by atoms with van der Waals surface area (Å²) in [4.78, 5) is 0. The first-order valence-corrected chi connectivity index (χ1v) is 5.60. The van der Waals surface area contributed by atoms with Crippen molar-refractivity contribution in [1.29, 1.82) is 0 Å². The second-order valence-electron chi connectivity index (χ2n) is 4.14. The molecule has 0 spiro atoms. The van der Waals surface area contributed by atoms with Crippen LogP contribution in [0.3, 0.4) is 0 Å². The molecule has 0 N–H and O–H groups in total. The van der Waals surface area contributed by atoms with E-state index in [2.05, 4.69) is 55.5 Å². The van der Waals surface area contributed by atoms with Gasteiger partial charge < -0.3 is 0 Å². The van der Waals surface area contributed by atoms with Crippen LogP contribution in [0.5, 0.6) is 0 Å². The first kappa shape index (κ1) is 11.5. The fourth-order valence-corrected chi connectivity index (χ4v) is 2.70. The number of hydrogen-bond donors (Lipinski definition) is 0. The van der Waals surface area contributed by atoms with E-state index in [9.17, 15) is 0 Å². The van der Waals surface area contributed by atoms with Gasteiger partial charge >= 0.3 is 0 Å². The zero-order valence-electron chi connectivity index (χ0n) is 9.90. The van der Waals surface area contributed by atoms with Crippen molar-refractivity contribution in [2.75, 3.05) is 0 Å². The summed E-state index contributed by atoms with van der Waals surface area (Å²) in [6, 6.07) is 17.6. The SMILES string of the molecule is CCC1c2ccccc2-c2ccccc21.[Li]. The third-order valence-electron chi connectivity index (χ3n) is 3.37. The molecule has 75 valence electrons. The van der Waals surface area contributed by atoms with Gasteiger partial charge in [0.2, 0.25) is 0 Å². The summed E-state index contributed by atoms with van der Waals surface area (Å²) in [6.45, 7) is 2.27. The summed E-state index contributed by atoms with van der Waals surface area (Å²) in [5, 5.41) is 0. The standard InChI is InChI=1S/C15H14.Li/c1-2-11-12-7-3-5-9-14(12)15-10-6-4-8-13(11)15;/h3-11H,2H2,1H3;. The Morgan fingerprint density at radius 2 is 1.25 bits per heavy atom. The smallest absolute Gasteiger partial charge is 0.00990 e. The summed E-state index contributed by atoms with van der Waals surface area (Å²) in [7, 11) is 0. The van der Waals surface area contributed by atoms with Gasteiger partial charge in [-0.1, -0.05) is 55.5 Å². The summed E-state index contributed by atoms with van der Waals surface area (Å²) < 4.78 is 0. The number of fused-ring (bicyclic) bond motifs is 3. The minimum absolute atomic E-state index is 0. The van der Waals surface area contributed by atoms with Crippen LogP contribution < -0.4 is 0 Å². The van der Waals surface area contributed by atoms with Gasteiger partial charge in [-0.05, 0) is 28.7 Å². The van der Waals surface area contributed by atoms with Crippen molar-refractivity contribution in [2.45, 2.75) is 19.3 Å². The molecule has 0 aromatic heterocycles. The molecule has 0 atom stereocenters. The maximum absolute atomic E-state index is 2.27. The van der Waals surface area contributed by atoms with Gasteiger partial charge in [0.1, 0.15) is 0 Å². The Hall–Kier alpha value is -0.963. The Morgan fingerprint density at radius 3 is 1.69 bits per heavy atom. The predicted octanol–water partition coefficient (Wildman–Crippen LogP) is 3.83. The predicted molar refractivity (Wildman–Crippen MR) is 69.8 cm³/mol. The fourth-order valence-electron chi connectivity index (χ4n) is 2.70. The van der Waals surface area contributed by atoms with Crippen molar-refractivity contribution in [2.24, 2.45) is 0 Å². The molecule has 2 aromatic rings. The Kier molecular flexibility index (Phi) is 3.24. The van der Waals surface area contributed by atoms with Gasteiger partial charge in [0.25, 0.3) is 0 Å². The van der Waals surface area contributed by atoms with Crippen LogP contribution in [-0.4, -0.2) is 18.9 Å². The normalized spacial score (nSPS) is 12.8. The molecule has 1 heteroatoms. The third kappa shape index (κ3) is 1.54. The molecule has 0 saturated carbocycles. The average Bonchev–Trinajstić information content (AvgIpc) is 2.63. The molecule has 0 unspecified atom stereocenters. The zero-order valence-corrected chi connectivity index (χ0v) is 9.90. The van der Waals surface area contributed by atoms with E-state index in [4.69, 9.17) is 0 Å². The van der Waals surface area contributed by atoms with Crippen LogP contribution >= 0.6 is 0 Å². The molecule has 3 rings (SSSR count). The van der Waals surface area contributed by atoms with Crippen LogP contribution in [0.25, 0.3) is 11.1 Å². The van der Waals surface area contributed by atoms with Gasteiger partial charge in [-0.3, -0.25) is 0 Å². The number of hydrogen-bond acceptors (Lipinski definition) is 0. The molecule has 0 saturated heterocycles. The van der Waals surface area contributed by atoms with E-state index >= 15 is 0 Å². The average molecular weight is 201 g/mol. The minimum Gasteiger partial charge on any atom is -0.0645 e. The molecule has 0 amide bonds. The summed E-state index contributed by atoms with van der Waals surface area (Å²) >= 11 is 0. The molecule has 1 aliphatic carbocycles. The molecule has 0 aliphatic heterocycles. The van der Waals surface area contributed by atoms with Crippen LogP contribution in [0.2, 0.25) is 0 Å². The van der Waals surface area contributed by atoms with Crippen molar-refractivity contribution >= 4 is 18.9 Å². The largest absolute Gasteiger partial charge is 0.0645 e. The van der Waals surface area contributed by atoms with Crippen LogP contribution in [-0.2, 0) is 0 Å². The van der Waals surface area contributed by atoms with E-state index in [1.54, 1.807) is 0 Å². The van der Waals surface area contributed by atoms with E-state index in [0.717, 1.165) is 0 Å². The molecule has 0 heterocycles. The second-order valence-corrected chi connectivity index (χ2v) is 4.14. The Bertz CT molecular complexity index is 457. The molecule has 1 radical (unpaired) electrons. The van der Waals surface area contributed by atoms with Crippen molar-refractivity contribution in [3.8, 4) is 11.1 Å². The van der Waals surface area contributed by atoms with Crippen LogP contribution in [0.4, 0.5) is 0 Å². The van der Waals surface area contributed by atoms with Crippen molar-refractivity contribution in [3.05, 3.63) is 59.7 Å². The van der Waals surface area contributed by atoms with Gasteiger partial charge in [0, 0.05) is 24.8 Å². The Balaban J connectivity index is 0.000000963. The molecule has 0 nitrogen and oxygen atoms in total. The number of benzene rings is 2. The Labute approximate surface area is 109 Å². The van der Waals surface area contributed by atoms with Gasteiger partial charge in [-0.2, -0.15) is 0 Å². The van der Waals surface area contributed by atoms with E-state index in [1.165, 1.54) is 28.7 Å². The van der Waals surface area contributed by atoms with Gasteiger partial charge in [-0.25, -0.2) is 0 Å². The van der Waals surface area contributed by atoms with Crippen LogP contribution in [0.1, 0.15) is 30.4 Å². The number of rotatable bonds is 1. The van der Waals surface area contributed by atoms with Crippen LogP contribution in [0, 0.1) is 0 Å². The summed E-state index contributed by atoms with van der Waals surface area (Å²) in [6.07, 6.45) is 1.19. The van der Waals surface area contributed by atoms with Crippen LogP contribution in [0.15, 0.2) is 48.5 Å². The minimum atomic E-state index is 0. The fraction of sp³-hybridized carbons (Fsp3) is 0.200. The first-order chi connectivity index (χ1) is 7.42. The van der Waals surface area contributed by atoms with Crippen molar-refractivity contribution < 1.29 is 0 Å². The van der Waals surface area contributed by atoms with Gasteiger partial charge in [-0.15, -0.1) is 0 Å². The van der Waals surface area contributed by atoms with Gasteiger partial charge in [0.05, 0.1) is 0 Å². The third-order valence-corrected chi connectivity index (χ3v) is 3.37. The summed E-state index contributed by atoms with van der Waals surface area (Å²) in [5.74, 6) is 0.609. The molecule has 1 aliphatic rings. The first-order valence-electron chi connectivity index (χ1n) is 5.60. The molecule has 0 fully saturated rings. The van der Waals surface area contributed by atoms with E-state index < -0.39 is 0 Å². The van der Waals surface area contributed by atoms with Crippen molar-refractivity contribution in [1.82, 2.24) is 0 Å². The topological polar surface area (TPSA) is 0 Å². The molecule has 2 aromatic carbocycles. The monoisotopic (exact) mass is 201 g/mol. The van der Waals surface area contributed by atoms with E-state index in [-0.39, 0.29) is 18.9 Å². The molecule has 0 bridgehead atoms. The molecular weight excluding hydrogens is 187 g/mol. The maximum Gasteiger partial charge on any atom is 0.00990 e. The second kappa shape index (κ2) is 4.50. The van der Waals surface area contributed by atoms with Crippen molar-refractivity contribution in [3.63, 3.8) is 0 Å². The molecular formula is C15H14Li. The summed E-state index contributed by atoms with van der Waals surface area (Å²) in [5.41, 5.74) is 5.86. The maximum atomic E-state index is 2.27. The quantitative estimate of drug-likeness (QED) is 0.615. The van der Waals surface area contributed by atoms with E-state index in [0.29, 0.717) is 5.92 Å². The zero-order chi connectivity index (χ0) is 10.3. The van der Waals surface area contributed by atoms with Gasteiger partial charge in [0.15, 0.2) is 0 Å².